The molecule has 18 heavy (non-hydrogen) atoms. The molecule has 0 saturated heterocycles. The zero-order valence-electron chi connectivity index (χ0n) is 10.4. The number of carbonyl (C=O) groups excluding carboxylic acids is 1. The number of aryl methyl sites for hydroxylation is 1. The quantitative estimate of drug-likeness (QED) is 0.842. The minimum Gasteiger partial charge on any atom is -0.441 e. The predicted molar refractivity (Wildman–Crippen MR) is 68.4 cm³/mol. The van der Waals surface area contributed by atoms with Crippen LogP contribution in [0.4, 0.5) is 0 Å². The molecule has 94 valence electrons. The molecule has 4 nitrogen and oxygen atoms in total. The number of hydrogen-bond donors (Lipinski definition) is 1. The summed E-state index contributed by atoms with van der Waals surface area (Å²) < 4.78 is 5.41. The van der Waals surface area contributed by atoms with Gasteiger partial charge in [-0.15, -0.1) is 0 Å². The van der Waals surface area contributed by atoms with Gasteiger partial charge in [-0.25, -0.2) is 4.98 Å². The number of hydrogen-bond acceptors (Lipinski definition) is 4. The molecule has 1 heterocycles. The Bertz CT molecular complexity index is 606. The molecule has 2 aromatic rings. The van der Waals surface area contributed by atoms with Crippen molar-refractivity contribution < 1.29 is 9.21 Å². The van der Waals surface area contributed by atoms with E-state index in [1.807, 2.05) is 18.2 Å². The third-order valence-electron chi connectivity index (χ3n) is 3.94. The molecule has 0 radical (unpaired) electrons. The van der Waals surface area contributed by atoms with Crippen molar-refractivity contribution in [1.82, 2.24) is 4.98 Å². The zero-order valence-corrected chi connectivity index (χ0v) is 10.4. The Kier molecular flexibility index (Phi) is 2.48. The van der Waals surface area contributed by atoms with Crippen LogP contribution in [-0.2, 0) is 0 Å². The number of oxazole rings is 1. The summed E-state index contributed by atoms with van der Waals surface area (Å²) in [7, 11) is 0. The number of rotatable bonds is 3. The van der Waals surface area contributed by atoms with Gasteiger partial charge in [-0.3, -0.25) is 4.79 Å². The average Bonchev–Trinajstić information content (AvgIpc) is 2.67. The zero-order chi connectivity index (χ0) is 12.8. The normalized spacial score (nSPS) is 17.7. The second kappa shape index (κ2) is 3.92. The number of fused-ring (bicyclic) bond motifs is 1. The van der Waals surface area contributed by atoms with E-state index in [0.29, 0.717) is 18.0 Å². The van der Waals surface area contributed by atoms with E-state index >= 15 is 0 Å². The van der Waals surface area contributed by atoms with E-state index < -0.39 is 0 Å². The van der Waals surface area contributed by atoms with E-state index in [-0.39, 0.29) is 11.2 Å². The third kappa shape index (κ3) is 1.56. The monoisotopic (exact) mass is 244 g/mol. The van der Waals surface area contributed by atoms with E-state index in [0.717, 1.165) is 30.4 Å². The molecule has 0 amide bonds. The van der Waals surface area contributed by atoms with Crippen LogP contribution in [-0.4, -0.2) is 17.3 Å². The summed E-state index contributed by atoms with van der Waals surface area (Å²) in [5.41, 5.74) is 7.60. The maximum absolute atomic E-state index is 12.5. The van der Waals surface area contributed by atoms with Gasteiger partial charge >= 0.3 is 0 Å². The van der Waals surface area contributed by atoms with E-state index in [1.165, 1.54) is 0 Å². The Morgan fingerprint density at radius 1 is 1.50 bits per heavy atom. The molecule has 1 aromatic heterocycles. The molecule has 0 spiro atoms. The average molecular weight is 244 g/mol. The Morgan fingerprint density at radius 3 is 2.89 bits per heavy atom. The maximum Gasteiger partial charge on any atom is 0.192 e. The maximum atomic E-state index is 12.5. The molecule has 3 rings (SSSR count). The van der Waals surface area contributed by atoms with Crippen LogP contribution in [0.15, 0.2) is 22.6 Å². The van der Waals surface area contributed by atoms with E-state index in [1.54, 1.807) is 6.92 Å². The molecule has 0 bridgehead atoms. The Morgan fingerprint density at radius 2 is 2.28 bits per heavy atom. The van der Waals surface area contributed by atoms with Gasteiger partial charge in [-0.1, -0.05) is 6.42 Å². The summed E-state index contributed by atoms with van der Waals surface area (Å²) in [5, 5.41) is 0. The molecule has 1 aromatic carbocycles. The molecule has 2 N–H and O–H groups in total. The van der Waals surface area contributed by atoms with E-state index in [9.17, 15) is 4.79 Å². The van der Waals surface area contributed by atoms with E-state index in [4.69, 9.17) is 10.2 Å². The third-order valence-corrected chi connectivity index (χ3v) is 3.94. The summed E-state index contributed by atoms with van der Waals surface area (Å²) in [5.74, 6) is 0.769. The van der Waals surface area contributed by atoms with Gasteiger partial charge in [0.1, 0.15) is 5.52 Å². The summed E-state index contributed by atoms with van der Waals surface area (Å²) >= 11 is 0. The largest absolute Gasteiger partial charge is 0.441 e. The summed E-state index contributed by atoms with van der Waals surface area (Å²) in [6.45, 7) is 2.23. The summed E-state index contributed by atoms with van der Waals surface area (Å²) in [6.07, 6.45) is 2.89. The van der Waals surface area contributed by atoms with Crippen LogP contribution in [0.3, 0.4) is 0 Å². The molecular formula is C14H16N2O2. The molecule has 0 unspecified atom stereocenters. The first-order chi connectivity index (χ1) is 8.64. The van der Waals surface area contributed by atoms with Gasteiger partial charge in [0, 0.05) is 24.4 Å². The van der Waals surface area contributed by atoms with Gasteiger partial charge in [-0.05, 0) is 31.0 Å². The molecule has 1 saturated carbocycles. The molecule has 1 aliphatic rings. The smallest absolute Gasteiger partial charge is 0.192 e. The van der Waals surface area contributed by atoms with Crippen molar-refractivity contribution >= 4 is 16.9 Å². The van der Waals surface area contributed by atoms with Crippen molar-refractivity contribution in [2.24, 2.45) is 11.1 Å². The minimum absolute atomic E-state index is 0.152. The Labute approximate surface area is 105 Å². The molecule has 1 aliphatic carbocycles. The molecule has 4 heteroatoms. The number of carbonyl (C=O) groups is 1. The highest BCUT2D eigenvalue weighted by atomic mass is 16.3. The lowest BCUT2D eigenvalue weighted by molar-refractivity contribution is 0.0636. The topological polar surface area (TPSA) is 69.1 Å². The lowest BCUT2D eigenvalue weighted by Crippen LogP contribution is -2.44. The van der Waals surface area contributed by atoms with Gasteiger partial charge in [0.2, 0.25) is 0 Å². The molecule has 0 aliphatic heterocycles. The van der Waals surface area contributed by atoms with E-state index in [2.05, 4.69) is 4.98 Å². The number of Topliss-reactive ketones (excluding diaryl/α,β-unsaturated/α-hetero) is 1. The lowest BCUT2D eigenvalue weighted by Gasteiger charge is -2.39. The molecule has 1 fully saturated rings. The van der Waals surface area contributed by atoms with Crippen molar-refractivity contribution in [2.75, 3.05) is 6.54 Å². The predicted octanol–water partition coefficient (Wildman–Crippen LogP) is 2.45. The van der Waals surface area contributed by atoms with Gasteiger partial charge in [0.05, 0.1) is 0 Å². The summed E-state index contributed by atoms with van der Waals surface area (Å²) in [6, 6.07) is 5.43. The van der Waals surface area contributed by atoms with Crippen molar-refractivity contribution in [2.45, 2.75) is 26.2 Å². The van der Waals surface area contributed by atoms with Crippen LogP contribution < -0.4 is 5.73 Å². The fourth-order valence-corrected chi connectivity index (χ4v) is 2.62. The summed E-state index contributed by atoms with van der Waals surface area (Å²) in [4.78, 5) is 16.7. The van der Waals surface area contributed by atoms with Gasteiger partial charge in [0.15, 0.2) is 17.3 Å². The number of aromatic nitrogens is 1. The second-order valence-corrected chi connectivity index (χ2v) is 5.08. The van der Waals surface area contributed by atoms with Gasteiger partial charge in [-0.2, -0.15) is 0 Å². The Hall–Kier alpha value is -1.68. The fourth-order valence-electron chi connectivity index (χ4n) is 2.62. The highest BCUT2D eigenvalue weighted by Gasteiger charge is 2.43. The van der Waals surface area contributed by atoms with Crippen molar-refractivity contribution in [3.8, 4) is 0 Å². The minimum atomic E-state index is -0.327. The van der Waals surface area contributed by atoms with Crippen LogP contribution >= 0.6 is 0 Å². The van der Waals surface area contributed by atoms with Gasteiger partial charge < -0.3 is 10.2 Å². The standard InChI is InChI=1S/C14H16N2O2/c1-9-16-11-7-10(3-4-12(11)18-9)13(17)14(8-15)5-2-6-14/h3-4,7H,2,5-6,8,15H2,1H3. The SMILES string of the molecule is Cc1nc2cc(C(=O)C3(CN)CCC3)ccc2o1. The molecular weight excluding hydrogens is 228 g/mol. The fraction of sp³-hybridized carbons (Fsp3) is 0.429. The number of nitrogens with two attached hydrogens (primary N) is 1. The first-order valence-corrected chi connectivity index (χ1v) is 6.27. The number of benzene rings is 1. The highest BCUT2D eigenvalue weighted by Crippen LogP contribution is 2.42. The number of ketones is 1. The van der Waals surface area contributed by atoms with Crippen LogP contribution in [0, 0.1) is 12.3 Å². The lowest BCUT2D eigenvalue weighted by atomic mass is 9.64. The first kappa shape index (κ1) is 11.4. The van der Waals surface area contributed by atoms with Crippen LogP contribution in [0.5, 0.6) is 0 Å². The molecule has 0 atom stereocenters. The Balaban J connectivity index is 2.01. The van der Waals surface area contributed by atoms with Crippen LogP contribution in [0.2, 0.25) is 0 Å². The van der Waals surface area contributed by atoms with Crippen molar-refractivity contribution in [1.29, 1.82) is 0 Å². The number of nitrogens with zero attached hydrogens (tertiary/aromatic N) is 1. The highest BCUT2D eigenvalue weighted by molar-refractivity contribution is 6.03. The van der Waals surface area contributed by atoms with Crippen LogP contribution in [0.1, 0.15) is 35.5 Å². The second-order valence-electron chi connectivity index (χ2n) is 5.08. The van der Waals surface area contributed by atoms with Crippen molar-refractivity contribution in [3.63, 3.8) is 0 Å². The first-order valence-electron chi connectivity index (χ1n) is 6.27. The van der Waals surface area contributed by atoms with Crippen molar-refractivity contribution in [3.05, 3.63) is 29.7 Å². The van der Waals surface area contributed by atoms with Gasteiger partial charge in [0.25, 0.3) is 0 Å². The van der Waals surface area contributed by atoms with Crippen LogP contribution in [0.25, 0.3) is 11.1 Å².